The van der Waals surface area contributed by atoms with Crippen molar-refractivity contribution in [2.75, 3.05) is 13.2 Å². The smallest absolute Gasteiger partial charge is 0.458 e. The molecule has 0 amide bonds. The zero-order valence-electron chi connectivity index (χ0n) is 22.2. The van der Waals surface area contributed by atoms with Crippen LogP contribution >= 0.6 is 0 Å². The number of halogens is 3. The third kappa shape index (κ3) is 7.78. The van der Waals surface area contributed by atoms with Gasteiger partial charge in [-0.2, -0.15) is 13.2 Å². The van der Waals surface area contributed by atoms with Gasteiger partial charge in [-0.1, -0.05) is 36.4 Å². The molecule has 1 N–H and O–H groups in total. The molecule has 1 aliphatic rings. The van der Waals surface area contributed by atoms with E-state index >= 15 is 0 Å². The number of hydrogen-bond donors (Lipinski definition) is 1. The summed E-state index contributed by atoms with van der Waals surface area (Å²) < 4.78 is 67.7. The normalized spacial score (nSPS) is 15.3. The summed E-state index contributed by atoms with van der Waals surface area (Å²) in [5.74, 6) is -2.65. The predicted molar refractivity (Wildman–Crippen MR) is 135 cm³/mol. The molecule has 40 heavy (non-hydrogen) atoms. The highest BCUT2D eigenvalue weighted by atomic mass is 19.4. The summed E-state index contributed by atoms with van der Waals surface area (Å²) in [5.41, 5.74) is -0.675. The Hall–Kier alpha value is -4.48. The third-order valence-electron chi connectivity index (χ3n) is 5.48. The highest BCUT2D eigenvalue weighted by Crippen LogP contribution is 2.44. The van der Waals surface area contributed by atoms with Crippen LogP contribution < -0.4 is 5.32 Å². The van der Waals surface area contributed by atoms with Crippen molar-refractivity contribution in [3.05, 3.63) is 94.2 Å². The van der Waals surface area contributed by atoms with Gasteiger partial charge in [0, 0.05) is 0 Å². The van der Waals surface area contributed by atoms with Crippen molar-refractivity contribution in [1.82, 2.24) is 5.32 Å². The topological polar surface area (TPSA) is 109 Å². The second kappa shape index (κ2) is 13.0. The van der Waals surface area contributed by atoms with E-state index < -0.39 is 42.0 Å². The van der Waals surface area contributed by atoms with Crippen molar-refractivity contribution in [2.24, 2.45) is 0 Å². The van der Waals surface area contributed by atoms with Crippen molar-refractivity contribution in [1.29, 1.82) is 0 Å². The third-order valence-corrected chi connectivity index (χ3v) is 5.48. The molecule has 1 unspecified atom stereocenters. The van der Waals surface area contributed by atoms with Crippen LogP contribution in [0.15, 0.2) is 77.5 Å². The lowest BCUT2D eigenvalue weighted by atomic mass is 9.87. The maximum atomic E-state index is 14.0. The summed E-state index contributed by atoms with van der Waals surface area (Å²) in [7, 11) is 0. The first-order valence-corrected chi connectivity index (χ1v) is 12.2. The van der Waals surface area contributed by atoms with Gasteiger partial charge in [0.25, 0.3) is 0 Å². The Kier molecular flexibility index (Phi) is 9.81. The predicted octanol–water partition coefficient (Wildman–Crippen LogP) is 6.43. The summed E-state index contributed by atoms with van der Waals surface area (Å²) in [6.07, 6.45) is -7.77. The van der Waals surface area contributed by atoms with Crippen LogP contribution in [0.3, 0.4) is 0 Å². The molecule has 0 saturated carbocycles. The lowest BCUT2D eigenvalue weighted by Gasteiger charge is -2.31. The minimum absolute atomic E-state index is 0.177. The number of alkyl halides is 3. The number of rotatable bonds is 8. The summed E-state index contributed by atoms with van der Waals surface area (Å²) >= 11 is 0. The zero-order valence-corrected chi connectivity index (χ0v) is 22.2. The molecule has 9 nitrogen and oxygen atoms in total. The van der Waals surface area contributed by atoms with E-state index in [0.717, 1.165) is 6.07 Å². The first-order chi connectivity index (χ1) is 18.9. The fraction of sp³-hybridized carbons (Fsp3) is 0.321. The Morgan fingerprint density at radius 2 is 1.38 bits per heavy atom. The van der Waals surface area contributed by atoms with Gasteiger partial charge in [-0.05, 0) is 51.5 Å². The molecule has 214 valence electrons. The van der Waals surface area contributed by atoms with E-state index in [-0.39, 0.29) is 41.7 Å². The van der Waals surface area contributed by atoms with Crippen LogP contribution in [0.4, 0.5) is 22.8 Å². The molecule has 3 rings (SSSR count). The van der Waals surface area contributed by atoms with Crippen LogP contribution in [0, 0.1) is 0 Å². The number of ether oxygens (including phenoxy) is 5. The Labute approximate surface area is 228 Å². The van der Waals surface area contributed by atoms with E-state index in [1.165, 1.54) is 32.0 Å². The molecular weight excluding hydrogens is 535 g/mol. The number of allylic oxidation sites excluding steroid dienone is 2. The standard InChI is InChI=1S/C28H28F3NO8/c1-16(2)38-27(35)40-24-18(4)32-17(3)23(22(24)20-12-8-9-13-21(20)28(29,30)31)39-26(34)37-15-14-36-25(33)19-10-6-5-7-11-19/h5-13,16,22,32H,14-15H2,1-4H3. The van der Waals surface area contributed by atoms with Crippen LogP contribution in [-0.4, -0.2) is 37.6 Å². The maximum absolute atomic E-state index is 14.0. The monoisotopic (exact) mass is 563 g/mol. The molecule has 0 spiro atoms. The molecule has 0 saturated heterocycles. The van der Waals surface area contributed by atoms with Crippen molar-refractivity contribution < 1.29 is 51.2 Å². The summed E-state index contributed by atoms with van der Waals surface area (Å²) in [5, 5.41) is 2.84. The molecule has 0 bridgehead atoms. The van der Waals surface area contributed by atoms with Gasteiger partial charge in [-0.25, -0.2) is 14.4 Å². The van der Waals surface area contributed by atoms with Gasteiger partial charge >= 0.3 is 24.5 Å². The average molecular weight is 564 g/mol. The Bertz CT molecular complexity index is 1300. The molecule has 0 aromatic heterocycles. The molecule has 1 heterocycles. The highest BCUT2D eigenvalue weighted by Gasteiger charge is 2.42. The fourth-order valence-corrected chi connectivity index (χ4v) is 3.86. The second-order valence-corrected chi connectivity index (χ2v) is 8.84. The summed E-state index contributed by atoms with van der Waals surface area (Å²) in [4.78, 5) is 36.9. The minimum atomic E-state index is -4.78. The van der Waals surface area contributed by atoms with Crippen LogP contribution in [0.25, 0.3) is 0 Å². The maximum Gasteiger partial charge on any atom is 0.513 e. The Morgan fingerprint density at radius 3 is 1.98 bits per heavy atom. The number of carbonyl (C=O) groups excluding carboxylic acids is 3. The molecule has 0 aliphatic carbocycles. The van der Waals surface area contributed by atoms with Gasteiger partial charge in [0.1, 0.15) is 30.6 Å². The van der Waals surface area contributed by atoms with Gasteiger partial charge in [0.2, 0.25) is 0 Å². The minimum Gasteiger partial charge on any atom is -0.458 e. The first-order valence-electron chi connectivity index (χ1n) is 12.2. The number of carbonyl (C=O) groups is 3. The van der Waals surface area contributed by atoms with E-state index in [4.69, 9.17) is 23.7 Å². The van der Waals surface area contributed by atoms with E-state index in [0.29, 0.717) is 5.56 Å². The molecule has 2 aromatic rings. The number of nitrogens with one attached hydrogen (secondary N) is 1. The van der Waals surface area contributed by atoms with E-state index in [9.17, 15) is 27.6 Å². The van der Waals surface area contributed by atoms with Gasteiger partial charge < -0.3 is 29.0 Å². The van der Waals surface area contributed by atoms with Crippen LogP contribution in [0.5, 0.6) is 0 Å². The Morgan fingerprint density at radius 1 is 0.825 bits per heavy atom. The van der Waals surface area contributed by atoms with Crippen molar-refractivity contribution >= 4 is 18.3 Å². The lowest BCUT2D eigenvalue weighted by Crippen LogP contribution is -2.31. The number of esters is 1. The van der Waals surface area contributed by atoms with E-state index in [2.05, 4.69) is 5.32 Å². The van der Waals surface area contributed by atoms with Crippen LogP contribution in [0.1, 0.15) is 55.1 Å². The summed E-state index contributed by atoms with van der Waals surface area (Å²) in [6, 6.07) is 12.8. The fourth-order valence-electron chi connectivity index (χ4n) is 3.86. The van der Waals surface area contributed by atoms with Crippen LogP contribution in [-0.2, 0) is 29.9 Å². The number of dihydropyridines is 1. The molecule has 0 fully saturated rings. The van der Waals surface area contributed by atoms with E-state index in [1.807, 2.05) is 0 Å². The zero-order chi connectivity index (χ0) is 29.4. The van der Waals surface area contributed by atoms with Gasteiger partial charge in [-0.15, -0.1) is 0 Å². The highest BCUT2D eigenvalue weighted by molar-refractivity contribution is 5.89. The largest absolute Gasteiger partial charge is 0.513 e. The Balaban J connectivity index is 1.83. The number of hydrogen-bond acceptors (Lipinski definition) is 9. The van der Waals surface area contributed by atoms with Crippen molar-refractivity contribution in [3.63, 3.8) is 0 Å². The second-order valence-electron chi connectivity index (χ2n) is 8.84. The van der Waals surface area contributed by atoms with Gasteiger partial charge in [0.05, 0.1) is 28.6 Å². The molecule has 0 radical (unpaired) electrons. The molecule has 1 atom stereocenters. The molecule has 12 heteroatoms. The summed E-state index contributed by atoms with van der Waals surface area (Å²) in [6.45, 7) is 5.42. The van der Waals surface area contributed by atoms with Gasteiger partial charge in [0.15, 0.2) is 0 Å². The lowest BCUT2D eigenvalue weighted by molar-refractivity contribution is -0.138. The van der Waals surface area contributed by atoms with Crippen molar-refractivity contribution in [2.45, 2.75) is 45.9 Å². The van der Waals surface area contributed by atoms with Crippen LogP contribution in [0.2, 0.25) is 0 Å². The SMILES string of the molecule is CC1=C(OC(=O)OCCOC(=O)c2ccccc2)C(c2ccccc2C(F)(F)F)C(OC(=O)OC(C)C)=C(C)N1. The quantitative estimate of drug-likeness (QED) is 0.221. The average Bonchev–Trinajstić information content (AvgIpc) is 2.89. The van der Waals surface area contributed by atoms with E-state index in [1.54, 1.807) is 44.2 Å². The molecule has 1 aliphatic heterocycles. The van der Waals surface area contributed by atoms with Crippen molar-refractivity contribution in [3.8, 4) is 0 Å². The van der Waals surface area contributed by atoms with Gasteiger partial charge in [-0.3, -0.25) is 0 Å². The molecular formula is C28H28F3NO8. The first kappa shape index (κ1) is 30.1. The molecule has 2 aromatic carbocycles. The number of benzene rings is 2.